The average molecular weight is 316 g/mol. The van der Waals surface area contributed by atoms with Crippen molar-refractivity contribution in [2.45, 2.75) is 31.2 Å². The van der Waals surface area contributed by atoms with Crippen LogP contribution in [0.1, 0.15) is 24.5 Å². The maximum absolute atomic E-state index is 13.0. The molecule has 4 nitrogen and oxygen atoms in total. The van der Waals surface area contributed by atoms with Crippen LogP contribution in [-0.4, -0.2) is 37.8 Å². The monoisotopic (exact) mass is 316 g/mol. The topological polar surface area (TPSA) is 50.4 Å². The van der Waals surface area contributed by atoms with Crippen LogP contribution in [0.4, 0.5) is 13.2 Å². The van der Waals surface area contributed by atoms with Crippen molar-refractivity contribution in [2.75, 3.05) is 19.7 Å². The van der Waals surface area contributed by atoms with Gasteiger partial charge in [-0.2, -0.15) is 13.2 Å². The van der Waals surface area contributed by atoms with Crippen molar-refractivity contribution < 1.29 is 22.7 Å². The number of amides is 1. The van der Waals surface area contributed by atoms with E-state index in [4.69, 9.17) is 4.74 Å². The summed E-state index contributed by atoms with van der Waals surface area (Å²) in [7, 11) is 0. The van der Waals surface area contributed by atoms with Crippen molar-refractivity contribution in [2.24, 2.45) is 0 Å². The summed E-state index contributed by atoms with van der Waals surface area (Å²) in [5.41, 5.74) is -0.00957. The van der Waals surface area contributed by atoms with Gasteiger partial charge in [-0.25, -0.2) is 0 Å². The van der Waals surface area contributed by atoms with Crippen LogP contribution in [0.3, 0.4) is 0 Å². The van der Waals surface area contributed by atoms with Gasteiger partial charge in [0.25, 0.3) is 0 Å². The van der Waals surface area contributed by atoms with Gasteiger partial charge in [0.15, 0.2) is 6.10 Å². The first-order valence-electron chi connectivity index (χ1n) is 7.20. The lowest BCUT2D eigenvalue weighted by Crippen LogP contribution is -2.44. The molecule has 22 heavy (non-hydrogen) atoms. The summed E-state index contributed by atoms with van der Waals surface area (Å²) >= 11 is 0. The van der Waals surface area contributed by atoms with Gasteiger partial charge in [-0.3, -0.25) is 4.79 Å². The van der Waals surface area contributed by atoms with Crippen LogP contribution in [0, 0.1) is 0 Å². The number of piperidine rings is 1. The summed E-state index contributed by atoms with van der Waals surface area (Å²) in [6, 6.07) is 7.31. The van der Waals surface area contributed by atoms with E-state index in [-0.39, 0.29) is 11.6 Å². The van der Waals surface area contributed by atoms with E-state index < -0.39 is 24.8 Å². The Hall–Kier alpha value is -1.60. The maximum atomic E-state index is 13.0. The summed E-state index contributed by atoms with van der Waals surface area (Å²) in [5.74, 6) is -0.517. The standard InChI is InChI=1S/C15H19F3N2O2/c16-15(17,18)14(11-4-2-1-3-5-11)22-10-13(21)20-12-6-8-19-9-7-12/h1-5,12,14,19H,6-10H2,(H,20,21)/t14-/m0/s1. The number of rotatable bonds is 5. The Balaban J connectivity index is 1.89. The molecule has 7 heteroatoms. The molecule has 0 spiro atoms. The number of carbonyl (C=O) groups excluding carboxylic acids is 1. The number of halogens is 3. The Bertz CT molecular complexity index is 473. The van der Waals surface area contributed by atoms with E-state index >= 15 is 0 Å². The smallest absolute Gasteiger partial charge is 0.354 e. The molecule has 2 rings (SSSR count). The van der Waals surface area contributed by atoms with Gasteiger partial charge < -0.3 is 15.4 Å². The minimum Gasteiger partial charge on any atom is -0.354 e. The number of hydrogen-bond donors (Lipinski definition) is 2. The summed E-state index contributed by atoms with van der Waals surface area (Å²) in [4.78, 5) is 11.8. The first kappa shape index (κ1) is 16.8. The fourth-order valence-corrected chi connectivity index (χ4v) is 2.40. The number of alkyl halides is 3. The van der Waals surface area contributed by atoms with Crippen LogP contribution in [0.2, 0.25) is 0 Å². The third-order valence-electron chi connectivity index (χ3n) is 3.48. The highest BCUT2D eigenvalue weighted by Crippen LogP contribution is 2.35. The molecule has 0 saturated carbocycles. The molecule has 0 aromatic heterocycles. The maximum Gasteiger partial charge on any atom is 0.418 e. The van der Waals surface area contributed by atoms with Gasteiger partial charge in [0.2, 0.25) is 5.91 Å². The molecule has 1 aromatic rings. The predicted octanol–water partition coefficient (Wildman–Crippen LogP) is 2.17. The number of ether oxygens (including phenoxy) is 1. The van der Waals surface area contributed by atoms with E-state index in [1.807, 2.05) is 0 Å². The van der Waals surface area contributed by atoms with E-state index in [1.165, 1.54) is 24.3 Å². The second kappa shape index (κ2) is 7.60. The van der Waals surface area contributed by atoms with E-state index in [1.54, 1.807) is 6.07 Å². The lowest BCUT2D eigenvalue weighted by Gasteiger charge is -2.25. The number of benzene rings is 1. The average Bonchev–Trinajstić information content (AvgIpc) is 2.48. The Labute approximate surface area is 127 Å². The minimum absolute atomic E-state index is 0.00147. The molecule has 1 amide bonds. The quantitative estimate of drug-likeness (QED) is 0.875. The molecule has 2 N–H and O–H groups in total. The van der Waals surface area contributed by atoms with Gasteiger partial charge in [-0.05, 0) is 31.5 Å². The molecule has 1 saturated heterocycles. The van der Waals surface area contributed by atoms with Gasteiger partial charge >= 0.3 is 6.18 Å². The summed E-state index contributed by atoms with van der Waals surface area (Å²) in [5, 5.41) is 5.85. The Morgan fingerprint density at radius 3 is 2.50 bits per heavy atom. The van der Waals surface area contributed by atoms with Crippen LogP contribution in [0.5, 0.6) is 0 Å². The molecule has 0 aliphatic carbocycles. The summed E-state index contributed by atoms with van der Waals surface area (Å²) in [6.07, 6.45) is -5.11. The third kappa shape index (κ3) is 4.99. The molecule has 1 atom stereocenters. The van der Waals surface area contributed by atoms with E-state index in [0.29, 0.717) is 0 Å². The molecule has 0 radical (unpaired) electrons. The highest BCUT2D eigenvalue weighted by Gasteiger charge is 2.42. The first-order valence-corrected chi connectivity index (χ1v) is 7.20. The Morgan fingerprint density at radius 1 is 1.27 bits per heavy atom. The number of nitrogens with one attached hydrogen (secondary N) is 2. The normalized spacial score (nSPS) is 18.0. The minimum atomic E-state index is -4.56. The molecule has 1 fully saturated rings. The highest BCUT2D eigenvalue weighted by molar-refractivity contribution is 5.77. The number of hydrogen-bond acceptors (Lipinski definition) is 3. The molecule has 1 aliphatic rings. The van der Waals surface area contributed by atoms with Crippen LogP contribution < -0.4 is 10.6 Å². The number of carbonyl (C=O) groups is 1. The predicted molar refractivity (Wildman–Crippen MR) is 75.2 cm³/mol. The van der Waals surface area contributed by atoms with Crippen molar-refractivity contribution in [1.29, 1.82) is 0 Å². The SMILES string of the molecule is O=C(CO[C@@H](c1ccccc1)C(F)(F)F)NC1CCNCC1. The second-order valence-electron chi connectivity index (χ2n) is 5.24. The van der Waals surface area contributed by atoms with Crippen LogP contribution in [0.25, 0.3) is 0 Å². The zero-order valence-electron chi connectivity index (χ0n) is 12.0. The molecule has 1 aromatic carbocycles. The fourth-order valence-electron chi connectivity index (χ4n) is 2.40. The molecular formula is C15H19F3N2O2. The van der Waals surface area contributed by atoms with Gasteiger partial charge in [-0.15, -0.1) is 0 Å². The van der Waals surface area contributed by atoms with Gasteiger partial charge in [0.1, 0.15) is 6.61 Å². The van der Waals surface area contributed by atoms with Crippen molar-refractivity contribution in [3.63, 3.8) is 0 Å². The van der Waals surface area contributed by atoms with E-state index in [0.717, 1.165) is 25.9 Å². The molecular weight excluding hydrogens is 297 g/mol. The molecule has 1 aliphatic heterocycles. The van der Waals surface area contributed by atoms with Crippen molar-refractivity contribution >= 4 is 5.91 Å². The van der Waals surface area contributed by atoms with Crippen LogP contribution in [-0.2, 0) is 9.53 Å². The molecule has 0 bridgehead atoms. The summed E-state index contributed by atoms with van der Waals surface area (Å²) in [6.45, 7) is 0.977. The van der Waals surface area contributed by atoms with Crippen molar-refractivity contribution in [3.8, 4) is 0 Å². The molecule has 1 heterocycles. The third-order valence-corrected chi connectivity index (χ3v) is 3.48. The Kier molecular flexibility index (Phi) is 5.79. The fraction of sp³-hybridized carbons (Fsp3) is 0.533. The van der Waals surface area contributed by atoms with Crippen molar-refractivity contribution in [1.82, 2.24) is 10.6 Å². The Morgan fingerprint density at radius 2 is 1.91 bits per heavy atom. The van der Waals surface area contributed by atoms with Crippen LogP contribution >= 0.6 is 0 Å². The molecule has 0 unspecified atom stereocenters. The van der Waals surface area contributed by atoms with E-state index in [9.17, 15) is 18.0 Å². The summed E-state index contributed by atoms with van der Waals surface area (Å²) < 4.78 is 44.0. The van der Waals surface area contributed by atoms with Gasteiger partial charge in [0.05, 0.1) is 0 Å². The largest absolute Gasteiger partial charge is 0.418 e. The lowest BCUT2D eigenvalue weighted by atomic mass is 10.1. The van der Waals surface area contributed by atoms with Crippen LogP contribution in [0.15, 0.2) is 30.3 Å². The van der Waals surface area contributed by atoms with Gasteiger partial charge in [-0.1, -0.05) is 30.3 Å². The molecule has 122 valence electrons. The van der Waals surface area contributed by atoms with Crippen molar-refractivity contribution in [3.05, 3.63) is 35.9 Å². The first-order chi connectivity index (χ1) is 10.5. The van der Waals surface area contributed by atoms with E-state index in [2.05, 4.69) is 10.6 Å². The van der Waals surface area contributed by atoms with Gasteiger partial charge in [0, 0.05) is 6.04 Å². The lowest BCUT2D eigenvalue weighted by molar-refractivity contribution is -0.223. The highest BCUT2D eigenvalue weighted by atomic mass is 19.4. The zero-order chi connectivity index (χ0) is 16.0. The second-order valence-corrected chi connectivity index (χ2v) is 5.24. The zero-order valence-corrected chi connectivity index (χ0v) is 12.0.